The van der Waals surface area contributed by atoms with Crippen molar-refractivity contribution >= 4 is 40.0 Å². The van der Waals surface area contributed by atoms with Crippen LogP contribution in [0.4, 0.5) is 0 Å². The molecule has 0 aliphatic rings. The SMILES string of the molecule is CN(C)CCn1c(=N)n(CC(=O)c2ccc(Cl)c(Cl)c2)c2ccccc21. The van der Waals surface area contributed by atoms with Gasteiger partial charge < -0.3 is 14.0 Å². The average Bonchev–Trinajstić information content (AvgIpc) is 2.87. The molecule has 0 fully saturated rings. The van der Waals surface area contributed by atoms with Gasteiger partial charge in [0.25, 0.3) is 0 Å². The van der Waals surface area contributed by atoms with E-state index in [2.05, 4.69) is 4.90 Å². The maximum absolute atomic E-state index is 12.7. The molecule has 1 aromatic heterocycles. The second-order valence-corrected chi connectivity index (χ2v) is 7.22. The van der Waals surface area contributed by atoms with Crippen LogP contribution in [0, 0.1) is 5.41 Å². The van der Waals surface area contributed by atoms with Gasteiger partial charge in [-0.1, -0.05) is 35.3 Å². The number of halogens is 2. The lowest BCUT2D eigenvalue weighted by molar-refractivity contribution is 0.0971. The van der Waals surface area contributed by atoms with Gasteiger partial charge in [-0.15, -0.1) is 0 Å². The fraction of sp³-hybridized carbons (Fsp3) is 0.263. The van der Waals surface area contributed by atoms with E-state index in [1.165, 1.54) is 0 Å². The number of nitrogens with one attached hydrogen (secondary N) is 1. The molecule has 0 saturated heterocycles. The summed E-state index contributed by atoms with van der Waals surface area (Å²) in [5.41, 5.74) is 2.60. The summed E-state index contributed by atoms with van der Waals surface area (Å²) in [6.45, 7) is 1.57. The molecule has 0 unspecified atom stereocenters. The number of ketones is 1. The number of nitrogens with zero attached hydrogens (tertiary/aromatic N) is 3. The normalized spacial score (nSPS) is 11.4. The highest BCUT2D eigenvalue weighted by molar-refractivity contribution is 6.42. The van der Waals surface area contributed by atoms with Gasteiger partial charge in [-0.25, -0.2) is 0 Å². The first-order chi connectivity index (χ1) is 12.4. The van der Waals surface area contributed by atoms with Crippen LogP contribution in [0.3, 0.4) is 0 Å². The molecule has 5 nitrogen and oxygen atoms in total. The number of carbonyl (C=O) groups excluding carboxylic acids is 1. The largest absolute Gasteiger partial charge is 0.309 e. The van der Waals surface area contributed by atoms with Gasteiger partial charge in [0.2, 0.25) is 5.62 Å². The van der Waals surface area contributed by atoms with E-state index < -0.39 is 0 Å². The van der Waals surface area contributed by atoms with Crippen molar-refractivity contribution in [1.82, 2.24) is 14.0 Å². The van der Waals surface area contributed by atoms with Crippen molar-refractivity contribution in [1.29, 1.82) is 5.41 Å². The van der Waals surface area contributed by atoms with Crippen LogP contribution < -0.4 is 5.62 Å². The Morgan fingerprint density at radius 1 is 1.04 bits per heavy atom. The zero-order chi connectivity index (χ0) is 18.8. The molecule has 0 atom stereocenters. The van der Waals surface area contributed by atoms with E-state index in [1.54, 1.807) is 22.8 Å². The molecule has 26 heavy (non-hydrogen) atoms. The zero-order valence-corrected chi connectivity index (χ0v) is 16.2. The zero-order valence-electron chi connectivity index (χ0n) is 14.7. The van der Waals surface area contributed by atoms with Crippen molar-refractivity contribution in [3.05, 3.63) is 63.7 Å². The van der Waals surface area contributed by atoms with Crippen LogP contribution >= 0.6 is 23.2 Å². The number of fused-ring (bicyclic) bond motifs is 1. The molecule has 0 aliphatic heterocycles. The van der Waals surface area contributed by atoms with Crippen molar-refractivity contribution < 1.29 is 4.79 Å². The molecule has 0 aliphatic carbocycles. The molecule has 0 amide bonds. The van der Waals surface area contributed by atoms with Gasteiger partial charge in [0.1, 0.15) is 0 Å². The monoisotopic (exact) mass is 390 g/mol. The van der Waals surface area contributed by atoms with E-state index in [9.17, 15) is 4.79 Å². The molecule has 1 heterocycles. The van der Waals surface area contributed by atoms with Gasteiger partial charge in [-0.2, -0.15) is 0 Å². The highest BCUT2D eigenvalue weighted by atomic mass is 35.5. The Labute approximate surface area is 161 Å². The summed E-state index contributed by atoms with van der Waals surface area (Å²) in [6.07, 6.45) is 0. The van der Waals surface area contributed by atoms with Gasteiger partial charge in [-0.05, 0) is 44.4 Å². The molecular formula is C19H20Cl2N4O. The van der Waals surface area contributed by atoms with Crippen LogP contribution in [-0.2, 0) is 13.1 Å². The summed E-state index contributed by atoms with van der Waals surface area (Å²) in [6, 6.07) is 12.6. The van der Waals surface area contributed by atoms with Crippen molar-refractivity contribution in [2.24, 2.45) is 0 Å². The van der Waals surface area contributed by atoms with Gasteiger partial charge in [0.15, 0.2) is 5.78 Å². The predicted molar refractivity (Wildman–Crippen MR) is 105 cm³/mol. The maximum atomic E-state index is 12.7. The van der Waals surface area contributed by atoms with Crippen molar-refractivity contribution in [2.75, 3.05) is 20.6 Å². The second kappa shape index (κ2) is 7.66. The molecule has 1 N–H and O–H groups in total. The van der Waals surface area contributed by atoms with Crippen molar-refractivity contribution in [3.63, 3.8) is 0 Å². The topological polar surface area (TPSA) is 54.0 Å². The number of benzene rings is 2. The third-order valence-corrected chi connectivity index (χ3v) is 5.03. The Kier molecular flexibility index (Phi) is 5.51. The number of aromatic nitrogens is 2. The third-order valence-electron chi connectivity index (χ3n) is 4.29. The number of hydrogen-bond acceptors (Lipinski definition) is 3. The van der Waals surface area contributed by atoms with Gasteiger partial charge in [0, 0.05) is 18.7 Å². The van der Waals surface area contributed by atoms with Crippen LogP contribution in [0.25, 0.3) is 11.0 Å². The highest BCUT2D eigenvalue weighted by Crippen LogP contribution is 2.23. The van der Waals surface area contributed by atoms with E-state index in [1.807, 2.05) is 42.9 Å². The summed E-state index contributed by atoms with van der Waals surface area (Å²) in [5.74, 6) is -0.113. The minimum absolute atomic E-state index is 0.0757. The van der Waals surface area contributed by atoms with Crippen LogP contribution in [0.1, 0.15) is 10.4 Å². The summed E-state index contributed by atoms with van der Waals surface area (Å²) >= 11 is 12.0. The molecule has 0 saturated carbocycles. The third kappa shape index (κ3) is 3.70. The molecule has 3 aromatic rings. The lowest BCUT2D eigenvalue weighted by Crippen LogP contribution is -2.30. The first-order valence-corrected chi connectivity index (χ1v) is 8.99. The number of imidazole rings is 1. The van der Waals surface area contributed by atoms with Crippen LogP contribution in [0.5, 0.6) is 0 Å². The van der Waals surface area contributed by atoms with Crippen LogP contribution in [0.15, 0.2) is 42.5 Å². The minimum atomic E-state index is -0.113. The van der Waals surface area contributed by atoms with Crippen molar-refractivity contribution in [3.8, 4) is 0 Å². The Morgan fingerprint density at radius 3 is 2.31 bits per heavy atom. The standard InChI is InChI=1S/C19H20Cl2N4O/c1-23(2)9-10-24-16-5-3-4-6-17(16)25(19(24)22)12-18(26)13-7-8-14(20)15(21)11-13/h3-8,11,22H,9-10,12H2,1-2H3. The van der Waals surface area contributed by atoms with Gasteiger partial charge >= 0.3 is 0 Å². The number of likely N-dealkylation sites (N-methyl/N-ethyl adjacent to an activating group) is 1. The fourth-order valence-electron chi connectivity index (χ4n) is 2.89. The Balaban J connectivity index is 1.99. The molecule has 136 valence electrons. The summed E-state index contributed by atoms with van der Waals surface area (Å²) in [7, 11) is 3.99. The summed E-state index contributed by atoms with van der Waals surface area (Å²) in [5, 5.41) is 9.32. The molecule has 2 aromatic carbocycles. The molecule has 3 rings (SSSR count). The minimum Gasteiger partial charge on any atom is -0.309 e. The number of carbonyl (C=O) groups is 1. The number of rotatable bonds is 6. The highest BCUT2D eigenvalue weighted by Gasteiger charge is 2.15. The molecule has 0 radical (unpaired) electrons. The lowest BCUT2D eigenvalue weighted by Gasteiger charge is -2.10. The summed E-state index contributed by atoms with van der Waals surface area (Å²) in [4.78, 5) is 14.8. The predicted octanol–water partition coefficient (Wildman–Crippen LogP) is 3.67. The maximum Gasteiger partial charge on any atom is 0.203 e. The van der Waals surface area contributed by atoms with E-state index in [0.717, 1.165) is 17.6 Å². The van der Waals surface area contributed by atoms with Crippen LogP contribution in [0.2, 0.25) is 10.0 Å². The molecule has 0 bridgehead atoms. The van der Waals surface area contributed by atoms with E-state index in [4.69, 9.17) is 28.6 Å². The summed E-state index contributed by atoms with van der Waals surface area (Å²) < 4.78 is 3.66. The molecule has 7 heteroatoms. The Bertz CT molecular complexity index is 1020. The van der Waals surface area contributed by atoms with Crippen LogP contribution in [-0.4, -0.2) is 40.5 Å². The Morgan fingerprint density at radius 2 is 1.69 bits per heavy atom. The molecular weight excluding hydrogens is 371 g/mol. The second-order valence-electron chi connectivity index (χ2n) is 6.41. The first kappa shape index (κ1) is 18.7. The number of Topliss-reactive ketones (excluding diaryl/α,β-unsaturated/α-hetero) is 1. The number of para-hydroxylation sites is 2. The first-order valence-electron chi connectivity index (χ1n) is 8.24. The number of hydrogen-bond donors (Lipinski definition) is 1. The van der Waals surface area contributed by atoms with E-state index in [-0.39, 0.29) is 12.3 Å². The smallest absolute Gasteiger partial charge is 0.203 e. The van der Waals surface area contributed by atoms with E-state index in [0.29, 0.717) is 27.8 Å². The Hall–Kier alpha value is -2.08. The lowest BCUT2D eigenvalue weighted by atomic mass is 10.1. The van der Waals surface area contributed by atoms with Crippen molar-refractivity contribution in [2.45, 2.75) is 13.1 Å². The van der Waals surface area contributed by atoms with E-state index >= 15 is 0 Å². The van der Waals surface area contributed by atoms with Gasteiger partial charge in [-0.3, -0.25) is 10.2 Å². The molecule has 0 spiro atoms. The average molecular weight is 391 g/mol. The van der Waals surface area contributed by atoms with Gasteiger partial charge in [0.05, 0.1) is 27.6 Å². The quantitative estimate of drug-likeness (QED) is 0.652. The fourth-order valence-corrected chi connectivity index (χ4v) is 3.18.